The largest absolute Gasteiger partial charge is 0.493 e. The van der Waals surface area contributed by atoms with Crippen molar-refractivity contribution in [2.24, 2.45) is 5.73 Å². The van der Waals surface area contributed by atoms with E-state index in [-0.39, 0.29) is 18.3 Å². The van der Waals surface area contributed by atoms with Crippen LogP contribution in [0.15, 0.2) is 42.5 Å². The van der Waals surface area contributed by atoms with E-state index in [0.717, 1.165) is 36.3 Å². The molecule has 1 amide bonds. The number of carbonyl (C=O) groups is 1. The molecule has 0 radical (unpaired) electrons. The molecule has 1 saturated heterocycles. The van der Waals surface area contributed by atoms with E-state index < -0.39 is 5.54 Å². The summed E-state index contributed by atoms with van der Waals surface area (Å²) in [4.78, 5) is 12.4. The lowest BCUT2D eigenvalue weighted by atomic mass is 9.90. The average molecular weight is 403 g/mol. The Hall–Kier alpha value is -2.08. The third-order valence-electron chi connectivity index (χ3n) is 5.49. The molecule has 0 aliphatic carbocycles. The first kappa shape index (κ1) is 20.6. The molecule has 3 N–H and O–H groups in total. The monoisotopic (exact) mass is 402 g/mol. The van der Waals surface area contributed by atoms with Crippen LogP contribution < -0.4 is 15.8 Å². The van der Waals surface area contributed by atoms with Crippen molar-refractivity contribution >= 4 is 18.3 Å². The van der Waals surface area contributed by atoms with E-state index in [9.17, 15) is 4.79 Å². The zero-order chi connectivity index (χ0) is 18.7. The number of rotatable bonds is 4. The minimum absolute atomic E-state index is 0. The lowest BCUT2D eigenvalue weighted by Gasteiger charge is -2.31. The predicted octanol–water partition coefficient (Wildman–Crippen LogP) is 3.22. The van der Waals surface area contributed by atoms with E-state index in [1.165, 1.54) is 11.1 Å². The topological polar surface area (TPSA) is 73.6 Å². The minimum atomic E-state index is -0.802. The van der Waals surface area contributed by atoms with Crippen LogP contribution in [0.1, 0.15) is 30.4 Å². The zero-order valence-corrected chi connectivity index (χ0v) is 16.7. The van der Waals surface area contributed by atoms with Crippen molar-refractivity contribution in [3.63, 3.8) is 0 Å². The summed E-state index contributed by atoms with van der Waals surface area (Å²) in [6.45, 7) is 2.38. The maximum Gasteiger partial charge on any atom is 0.240 e. The van der Waals surface area contributed by atoms with E-state index >= 15 is 0 Å². The number of nitrogens with one attached hydrogen (secondary N) is 1. The molecule has 0 bridgehead atoms. The Morgan fingerprint density at radius 2 is 1.75 bits per heavy atom. The van der Waals surface area contributed by atoms with E-state index in [2.05, 4.69) is 47.8 Å². The second-order valence-electron chi connectivity index (χ2n) is 7.42. The maximum absolute atomic E-state index is 12.4. The summed E-state index contributed by atoms with van der Waals surface area (Å²) >= 11 is 0. The molecule has 2 aliphatic heterocycles. The summed E-state index contributed by atoms with van der Waals surface area (Å²) in [5, 5.41) is 2.97. The van der Waals surface area contributed by atoms with Crippen LogP contribution in [0.25, 0.3) is 11.1 Å². The van der Waals surface area contributed by atoms with Gasteiger partial charge in [-0.25, -0.2) is 0 Å². The molecular weight excluding hydrogens is 376 g/mol. The van der Waals surface area contributed by atoms with Gasteiger partial charge in [0, 0.05) is 19.8 Å². The van der Waals surface area contributed by atoms with E-state index in [4.69, 9.17) is 15.2 Å². The van der Waals surface area contributed by atoms with E-state index in [0.29, 0.717) is 32.6 Å². The molecule has 2 aromatic rings. The Morgan fingerprint density at radius 1 is 1.04 bits per heavy atom. The summed E-state index contributed by atoms with van der Waals surface area (Å²) in [5.41, 5.74) is 10.1. The molecule has 0 unspecified atom stereocenters. The SMILES string of the molecule is Cl.NC1(C(=O)NCc2ccc(-c3ccc4c(c3)CCCO4)cc2)CCOCC1. The molecule has 2 aliphatic rings. The van der Waals surface area contributed by atoms with Crippen LogP contribution in [0, 0.1) is 0 Å². The third-order valence-corrected chi connectivity index (χ3v) is 5.49. The van der Waals surface area contributed by atoms with Gasteiger partial charge in [0.1, 0.15) is 5.75 Å². The summed E-state index contributed by atoms with van der Waals surface area (Å²) in [7, 11) is 0. The number of amides is 1. The van der Waals surface area contributed by atoms with Crippen LogP contribution in [0.5, 0.6) is 5.75 Å². The molecule has 2 heterocycles. The molecule has 0 spiro atoms. The van der Waals surface area contributed by atoms with Gasteiger partial charge in [-0.2, -0.15) is 0 Å². The number of ether oxygens (including phenoxy) is 2. The molecule has 0 atom stereocenters. The number of benzene rings is 2. The second kappa shape index (κ2) is 8.95. The first-order valence-corrected chi connectivity index (χ1v) is 9.64. The van der Waals surface area contributed by atoms with Crippen molar-refractivity contribution in [3.8, 4) is 16.9 Å². The Labute approximate surface area is 172 Å². The van der Waals surface area contributed by atoms with Crippen LogP contribution in [-0.2, 0) is 22.5 Å². The fourth-order valence-corrected chi connectivity index (χ4v) is 3.68. The minimum Gasteiger partial charge on any atom is -0.493 e. The number of hydrogen-bond donors (Lipinski definition) is 2. The third kappa shape index (κ3) is 4.49. The van der Waals surface area contributed by atoms with Gasteiger partial charge in [0.2, 0.25) is 5.91 Å². The highest BCUT2D eigenvalue weighted by atomic mass is 35.5. The Kier molecular flexibility index (Phi) is 6.60. The lowest BCUT2D eigenvalue weighted by molar-refractivity contribution is -0.129. The molecule has 6 heteroatoms. The van der Waals surface area contributed by atoms with Crippen molar-refractivity contribution in [2.75, 3.05) is 19.8 Å². The van der Waals surface area contributed by atoms with E-state index in [1.54, 1.807) is 0 Å². The van der Waals surface area contributed by atoms with E-state index in [1.807, 2.05) is 0 Å². The lowest BCUT2D eigenvalue weighted by Crippen LogP contribution is -2.56. The highest BCUT2D eigenvalue weighted by molar-refractivity contribution is 5.86. The number of hydrogen-bond acceptors (Lipinski definition) is 4. The number of fused-ring (bicyclic) bond motifs is 1. The van der Waals surface area contributed by atoms with Gasteiger partial charge in [0.15, 0.2) is 0 Å². The van der Waals surface area contributed by atoms with Crippen LogP contribution in [0.4, 0.5) is 0 Å². The molecule has 28 heavy (non-hydrogen) atoms. The van der Waals surface area contributed by atoms with Crippen LogP contribution in [0.2, 0.25) is 0 Å². The Morgan fingerprint density at radius 3 is 2.50 bits per heavy atom. The highest BCUT2D eigenvalue weighted by Crippen LogP contribution is 2.30. The zero-order valence-electron chi connectivity index (χ0n) is 15.9. The normalized spacial score (nSPS) is 17.6. The van der Waals surface area contributed by atoms with Gasteiger partial charge in [0.25, 0.3) is 0 Å². The molecular formula is C22H27ClN2O3. The number of nitrogens with two attached hydrogens (primary N) is 1. The van der Waals surface area contributed by atoms with Gasteiger partial charge < -0.3 is 20.5 Å². The summed E-state index contributed by atoms with van der Waals surface area (Å²) < 4.78 is 11.0. The number of aryl methyl sites for hydroxylation is 1. The molecule has 0 saturated carbocycles. The van der Waals surface area contributed by atoms with Gasteiger partial charge >= 0.3 is 0 Å². The van der Waals surface area contributed by atoms with Crippen molar-refractivity contribution in [1.82, 2.24) is 5.32 Å². The maximum atomic E-state index is 12.4. The molecule has 4 rings (SSSR count). The molecule has 150 valence electrons. The van der Waals surface area contributed by atoms with Crippen LogP contribution in [0.3, 0.4) is 0 Å². The van der Waals surface area contributed by atoms with Gasteiger partial charge in [0.05, 0.1) is 12.1 Å². The quantitative estimate of drug-likeness (QED) is 0.823. The van der Waals surface area contributed by atoms with Crippen LogP contribution in [-0.4, -0.2) is 31.3 Å². The summed E-state index contributed by atoms with van der Waals surface area (Å²) in [6, 6.07) is 14.7. The van der Waals surface area contributed by atoms with Gasteiger partial charge in [-0.15, -0.1) is 12.4 Å². The standard InChI is InChI=1S/C22H26N2O3.ClH/c23-22(9-12-26-13-10-22)21(25)24-15-16-3-5-17(6-4-16)18-7-8-20-19(14-18)2-1-11-27-20;/h3-8,14H,1-2,9-13,15,23H2,(H,24,25);1H. The number of halogens is 1. The highest BCUT2D eigenvalue weighted by Gasteiger charge is 2.35. The fourth-order valence-electron chi connectivity index (χ4n) is 3.68. The molecule has 1 fully saturated rings. The van der Waals surface area contributed by atoms with Crippen molar-refractivity contribution in [1.29, 1.82) is 0 Å². The van der Waals surface area contributed by atoms with Crippen molar-refractivity contribution < 1.29 is 14.3 Å². The van der Waals surface area contributed by atoms with Crippen LogP contribution >= 0.6 is 12.4 Å². The molecule has 2 aromatic carbocycles. The smallest absolute Gasteiger partial charge is 0.240 e. The van der Waals surface area contributed by atoms with Crippen molar-refractivity contribution in [2.45, 2.75) is 37.8 Å². The summed E-state index contributed by atoms with van der Waals surface area (Å²) in [5.74, 6) is 0.915. The average Bonchev–Trinajstić information content (AvgIpc) is 2.72. The first-order chi connectivity index (χ1) is 13.1. The van der Waals surface area contributed by atoms with Gasteiger partial charge in [-0.3, -0.25) is 4.79 Å². The Balaban J connectivity index is 0.00000225. The Bertz CT molecular complexity index is 817. The first-order valence-electron chi connectivity index (χ1n) is 9.64. The molecule has 5 nitrogen and oxygen atoms in total. The second-order valence-corrected chi connectivity index (χ2v) is 7.42. The van der Waals surface area contributed by atoms with Gasteiger partial charge in [-0.1, -0.05) is 30.3 Å². The molecule has 0 aromatic heterocycles. The summed E-state index contributed by atoms with van der Waals surface area (Å²) in [6.07, 6.45) is 3.28. The van der Waals surface area contributed by atoms with Gasteiger partial charge in [-0.05, 0) is 60.1 Å². The predicted molar refractivity (Wildman–Crippen MR) is 112 cm³/mol. The fraction of sp³-hybridized carbons (Fsp3) is 0.409. The number of carbonyl (C=O) groups excluding carboxylic acids is 1. The van der Waals surface area contributed by atoms with Crippen molar-refractivity contribution in [3.05, 3.63) is 53.6 Å².